The van der Waals surface area contributed by atoms with Crippen LogP contribution < -0.4 is 0 Å². The first kappa shape index (κ1) is 13.1. The van der Waals surface area contributed by atoms with Gasteiger partial charge in [0, 0.05) is 6.07 Å². The van der Waals surface area contributed by atoms with Crippen molar-refractivity contribution in [2.45, 2.75) is 39.2 Å². The predicted octanol–water partition coefficient (Wildman–Crippen LogP) is 3.61. The molecule has 0 aromatic heterocycles. The van der Waals surface area contributed by atoms with E-state index in [1.165, 1.54) is 12.1 Å². The van der Waals surface area contributed by atoms with Crippen molar-refractivity contribution in [2.75, 3.05) is 0 Å². The average Bonchev–Trinajstić information content (AvgIpc) is 2.17. The maximum absolute atomic E-state index is 13.1. The predicted molar refractivity (Wildman–Crippen MR) is 60.0 cm³/mol. The Balaban J connectivity index is 3.14. The van der Waals surface area contributed by atoms with E-state index in [4.69, 9.17) is 0 Å². The lowest BCUT2D eigenvalue weighted by Gasteiger charge is -2.32. The minimum atomic E-state index is -1.19. The van der Waals surface area contributed by atoms with Crippen molar-refractivity contribution in [3.8, 4) is 0 Å². The summed E-state index contributed by atoms with van der Waals surface area (Å²) in [5.41, 5.74) is -0.884. The molecule has 1 N–H and O–H groups in total. The van der Waals surface area contributed by atoms with Crippen LogP contribution in [0.2, 0.25) is 0 Å². The number of halogens is 2. The minimum absolute atomic E-state index is 0.00583. The Kier molecular flexibility index (Phi) is 4.03. The van der Waals surface area contributed by atoms with Gasteiger partial charge in [0.25, 0.3) is 0 Å². The van der Waals surface area contributed by atoms with Gasteiger partial charge in [-0.25, -0.2) is 8.78 Å². The summed E-state index contributed by atoms with van der Waals surface area (Å²) in [6, 6.07) is 3.20. The van der Waals surface area contributed by atoms with E-state index in [1.54, 1.807) is 6.92 Å². The van der Waals surface area contributed by atoms with Crippen LogP contribution >= 0.6 is 0 Å². The lowest BCUT2D eigenvalue weighted by Crippen LogP contribution is -2.31. The van der Waals surface area contributed by atoms with Gasteiger partial charge in [-0.05, 0) is 30.5 Å². The van der Waals surface area contributed by atoms with Gasteiger partial charge in [-0.2, -0.15) is 0 Å². The van der Waals surface area contributed by atoms with E-state index in [0.29, 0.717) is 5.56 Å². The zero-order valence-corrected chi connectivity index (χ0v) is 9.93. The van der Waals surface area contributed by atoms with Crippen LogP contribution in [-0.2, 0) is 5.60 Å². The zero-order valence-electron chi connectivity index (χ0n) is 9.93. The molecule has 1 aromatic carbocycles. The highest BCUT2D eigenvalue weighted by molar-refractivity contribution is 5.24. The molecule has 1 nitrogen and oxygen atoms in total. The molecule has 0 radical (unpaired) electrons. The van der Waals surface area contributed by atoms with Crippen LogP contribution in [0.1, 0.15) is 39.2 Å². The van der Waals surface area contributed by atoms with Gasteiger partial charge in [-0.1, -0.05) is 26.7 Å². The molecule has 0 aliphatic rings. The summed E-state index contributed by atoms with van der Waals surface area (Å²) in [5.74, 6) is -1.31. The summed E-state index contributed by atoms with van der Waals surface area (Å²) < 4.78 is 26.2. The highest BCUT2D eigenvalue weighted by Crippen LogP contribution is 2.34. The fourth-order valence-corrected chi connectivity index (χ4v) is 2.17. The lowest BCUT2D eigenvalue weighted by molar-refractivity contribution is -0.0100. The van der Waals surface area contributed by atoms with E-state index in [0.717, 1.165) is 18.9 Å². The molecule has 0 aliphatic heterocycles. The average molecular weight is 228 g/mol. The van der Waals surface area contributed by atoms with Crippen LogP contribution in [0.15, 0.2) is 18.2 Å². The Hall–Kier alpha value is -0.960. The molecule has 1 atom stereocenters. The highest BCUT2D eigenvalue weighted by Gasteiger charge is 2.31. The molecule has 1 aromatic rings. The van der Waals surface area contributed by atoms with Crippen LogP contribution in [-0.4, -0.2) is 5.11 Å². The molecule has 0 amide bonds. The summed E-state index contributed by atoms with van der Waals surface area (Å²) in [7, 11) is 0. The van der Waals surface area contributed by atoms with E-state index in [-0.39, 0.29) is 5.92 Å². The van der Waals surface area contributed by atoms with E-state index in [9.17, 15) is 13.9 Å². The van der Waals surface area contributed by atoms with Crippen LogP contribution in [0.25, 0.3) is 0 Å². The summed E-state index contributed by atoms with van der Waals surface area (Å²) in [6.45, 7) is 5.52. The molecule has 90 valence electrons. The molecule has 0 fully saturated rings. The van der Waals surface area contributed by atoms with Crippen molar-refractivity contribution in [2.24, 2.45) is 5.92 Å². The van der Waals surface area contributed by atoms with Gasteiger partial charge in [-0.3, -0.25) is 0 Å². The fourth-order valence-electron chi connectivity index (χ4n) is 2.17. The Morgan fingerprint density at radius 1 is 1.12 bits per heavy atom. The molecule has 0 bridgehead atoms. The highest BCUT2D eigenvalue weighted by atomic mass is 19.1. The molecule has 3 heteroatoms. The van der Waals surface area contributed by atoms with Crippen molar-refractivity contribution in [3.63, 3.8) is 0 Å². The van der Waals surface area contributed by atoms with Gasteiger partial charge in [0.05, 0.1) is 5.60 Å². The molecule has 0 saturated carbocycles. The Labute approximate surface area is 95.1 Å². The molecule has 0 spiro atoms. The topological polar surface area (TPSA) is 20.2 Å². The molecule has 1 rings (SSSR count). The maximum atomic E-state index is 13.1. The number of rotatable bonds is 4. The molecule has 0 heterocycles. The Morgan fingerprint density at radius 2 is 1.56 bits per heavy atom. The molecule has 16 heavy (non-hydrogen) atoms. The number of hydrogen-bond acceptors (Lipinski definition) is 1. The minimum Gasteiger partial charge on any atom is -0.385 e. The summed E-state index contributed by atoms with van der Waals surface area (Å²) in [4.78, 5) is 0. The smallest absolute Gasteiger partial charge is 0.126 e. The van der Waals surface area contributed by atoms with Crippen molar-refractivity contribution >= 4 is 0 Å². The summed E-state index contributed by atoms with van der Waals surface area (Å²) in [6.07, 6.45) is 1.53. The largest absolute Gasteiger partial charge is 0.385 e. The second-order valence-electron chi connectivity index (χ2n) is 4.32. The SMILES string of the molecule is CCC(CC)C(C)(O)c1cc(F)cc(F)c1. The van der Waals surface area contributed by atoms with E-state index in [2.05, 4.69) is 0 Å². The van der Waals surface area contributed by atoms with Gasteiger partial charge in [-0.15, -0.1) is 0 Å². The van der Waals surface area contributed by atoms with Gasteiger partial charge in [0.2, 0.25) is 0 Å². The van der Waals surface area contributed by atoms with E-state index < -0.39 is 17.2 Å². The summed E-state index contributed by atoms with van der Waals surface area (Å²) >= 11 is 0. The first-order chi connectivity index (χ1) is 7.41. The van der Waals surface area contributed by atoms with Crippen molar-refractivity contribution in [1.29, 1.82) is 0 Å². The number of hydrogen-bond donors (Lipinski definition) is 1. The molecule has 0 aliphatic carbocycles. The third kappa shape index (κ3) is 2.59. The molecular formula is C13H18F2O. The molecular weight excluding hydrogens is 210 g/mol. The second-order valence-corrected chi connectivity index (χ2v) is 4.32. The fraction of sp³-hybridized carbons (Fsp3) is 0.538. The molecule has 0 saturated heterocycles. The van der Waals surface area contributed by atoms with Crippen LogP contribution in [0.3, 0.4) is 0 Å². The van der Waals surface area contributed by atoms with Gasteiger partial charge in [0.15, 0.2) is 0 Å². The van der Waals surface area contributed by atoms with Gasteiger partial charge in [0.1, 0.15) is 11.6 Å². The van der Waals surface area contributed by atoms with Crippen LogP contribution in [0.5, 0.6) is 0 Å². The monoisotopic (exact) mass is 228 g/mol. The van der Waals surface area contributed by atoms with Crippen molar-refractivity contribution in [3.05, 3.63) is 35.4 Å². The normalized spacial score (nSPS) is 15.2. The van der Waals surface area contributed by atoms with Gasteiger partial charge >= 0.3 is 0 Å². The first-order valence-corrected chi connectivity index (χ1v) is 5.60. The van der Waals surface area contributed by atoms with Gasteiger partial charge < -0.3 is 5.11 Å². The Morgan fingerprint density at radius 3 is 1.94 bits per heavy atom. The quantitative estimate of drug-likeness (QED) is 0.834. The zero-order chi connectivity index (χ0) is 12.3. The van der Waals surface area contributed by atoms with E-state index >= 15 is 0 Å². The Bertz CT molecular complexity index is 337. The number of aliphatic hydroxyl groups is 1. The molecule has 1 unspecified atom stereocenters. The van der Waals surface area contributed by atoms with Crippen LogP contribution in [0.4, 0.5) is 8.78 Å². The van der Waals surface area contributed by atoms with E-state index in [1.807, 2.05) is 13.8 Å². The third-order valence-electron chi connectivity index (χ3n) is 3.23. The lowest BCUT2D eigenvalue weighted by atomic mass is 9.80. The summed E-state index contributed by atoms with van der Waals surface area (Å²) in [5, 5.41) is 10.4. The maximum Gasteiger partial charge on any atom is 0.126 e. The van der Waals surface area contributed by atoms with Crippen molar-refractivity contribution in [1.82, 2.24) is 0 Å². The first-order valence-electron chi connectivity index (χ1n) is 5.60. The second kappa shape index (κ2) is 4.91. The third-order valence-corrected chi connectivity index (χ3v) is 3.23. The number of benzene rings is 1. The standard InChI is InChI=1S/C13H18F2O/c1-4-9(5-2)13(3,16)10-6-11(14)8-12(15)7-10/h6-9,16H,4-5H2,1-3H3. The van der Waals surface area contributed by atoms with Crippen LogP contribution in [0, 0.1) is 17.6 Å². The van der Waals surface area contributed by atoms with Crippen molar-refractivity contribution < 1.29 is 13.9 Å².